The molecule has 0 saturated heterocycles. The largest absolute Gasteiger partial charge is 0.418 e. The maximum atomic E-state index is 12.7. The third-order valence-corrected chi connectivity index (χ3v) is 2.10. The molecule has 0 spiro atoms. The second-order valence-electron chi connectivity index (χ2n) is 3.55. The Morgan fingerprint density at radius 2 is 2.00 bits per heavy atom. The molecule has 1 aromatic rings. The first-order valence-electron chi connectivity index (χ1n) is 4.80. The average Bonchev–Trinajstić information content (AvgIpc) is 2.17. The van der Waals surface area contributed by atoms with Crippen LogP contribution in [0, 0.1) is 0 Å². The van der Waals surface area contributed by atoms with Gasteiger partial charge in [0.25, 0.3) is 0 Å². The quantitative estimate of drug-likeness (QED) is 0.843. The van der Waals surface area contributed by atoms with E-state index in [1.807, 2.05) is 0 Å². The van der Waals surface area contributed by atoms with Gasteiger partial charge in [-0.2, -0.15) is 13.2 Å². The van der Waals surface area contributed by atoms with Gasteiger partial charge in [0.15, 0.2) is 0 Å². The Labute approximate surface area is 107 Å². The third-order valence-electron chi connectivity index (χ3n) is 1.86. The molecule has 2 N–H and O–H groups in total. The van der Waals surface area contributed by atoms with Crippen molar-refractivity contribution in [2.24, 2.45) is 0 Å². The Hall–Kier alpha value is -1.69. The highest BCUT2D eigenvalue weighted by atomic mass is 35.5. The van der Waals surface area contributed by atoms with Crippen LogP contribution in [0.15, 0.2) is 30.5 Å². The molecule has 3 nitrogen and oxygen atoms in total. The molecule has 7 heteroatoms. The van der Waals surface area contributed by atoms with E-state index in [4.69, 9.17) is 11.6 Å². The molecule has 0 aliphatic rings. The van der Waals surface area contributed by atoms with Gasteiger partial charge in [-0.15, -0.1) is 0 Å². The first kappa shape index (κ1) is 14.4. The molecular weight excluding hydrogens is 269 g/mol. The Balaban J connectivity index is 3.02. The number of carbonyl (C=O) groups excluding carboxylic acids is 1. The Kier molecular flexibility index (Phi) is 4.24. The van der Waals surface area contributed by atoms with Gasteiger partial charge in [0, 0.05) is 10.7 Å². The summed E-state index contributed by atoms with van der Waals surface area (Å²) in [5, 5.41) is 4.26. The molecule has 0 aliphatic heterocycles. The maximum absolute atomic E-state index is 12.7. The van der Waals surface area contributed by atoms with E-state index >= 15 is 0 Å². The van der Waals surface area contributed by atoms with Crippen molar-refractivity contribution in [3.05, 3.63) is 41.1 Å². The van der Waals surface area contributed by atoms with Crippen molar-refractivity contribution in [1.82, 2.24) is 5.32 Å². The van der Waals surface area contributed by atoms with Crippen molar-refractivity contribution in [3.63, 3.8) is 0 Å². The minimum Gasteiger partial charge on any atom is -0.312 e. The van der Waals surface area contributed by atoms with E-state index in [0.717, 1.165) is 12.1 Å². The van der Waals surface area contributed by atoms with E-state index in [9.17, 15) is 18.0 Å². The van der Waals surface area contributed by atoms with E-state index in [2.05, 4.69) is 17.2 Å². The molecule has 0 atom stereocenters. The molecule has 2 amide bonds. The van der Waals surface area contributed by atoms with Crippen LogP contribution >= 0.6 is 11.6 Å². The molecule has 1 rings (SSSR count). The zero-order chi connectivity index (χ0) is 13.9. The van der Waals surface area contributed by atoms with Crippen LogP contribution < -0.4 is 10.6 Å². The lowest BCUT2D eigenvalue weighted by Gasteiger charge is -2.14. The number of hydrogen-bond donors (Lipinski definition) is 2. The summed E-state index contributed by atoms with van der Waals surface area (Å²) >= 11 is 5.50. The summed E-state index contributed by atoms with van der Waals surface area (Å²) in [5.41, 5.74) is -1.06. The minimum atomic E-state index is -4.60. The fourth-order valence-corrected chi connectivity index (χ4v) is 1.38. The molecule has 0 saturated carbocycles. The molecule has 0 heterocycles. The maximum Gasteiger partial charge on any atom is 0.418 e. The number of benzene rings is 1. The second-order valence-corrected chi connectivity index (χ2v) is 3.98. The lowest BCUT2D eigenvalue weighted by Crippen LogP contribution is -2.27. The van der Waals surface area contributed by atoms with Crippen molar-refractivity contribution in [2.45, 2.75) is 13.1 Å². The monoisotopic (exact) mass is 278 g/mol. The smallest absolute Gasteiger partial charge is 0.312 e. The minimum absolute atomic E-state index is 0.0619. The first-order chi connectivity index (χ1) is 8.20. The summed E-state index contributed by atoms with van der Waals surface area (Å²) in [4.78, 5) is 11.3. The lowest BCUT2D eigenvalue weighted by atomic mass is 10.1. The van der Waals surface area contributed by atoms with E-state index in [1.165, 1.54) is 13.0 Å². The van der Waals surface area contributed by atoms with E-state index in [-0.39, 0.29) is 10.7 Å². The van der Waals surface area contributed by atoms with Crippen LogP contribution in [0.3, 0.4) is 0 Å². The number of allylic oxidation sites excluding steroid dienone is 1. The van der Waals surface area contributed by atoms with Crippen LogP contribution in [0.5, 0.6) is 0 Å². The predicted octanol–water partition coefficient (Wildman–Crippen LogP) is 4.01. The zero-order valence-corrected chi connectivity index (χ0v) is 10.1. The number of rotatable bonds is 2. The Bertz CT molecular complexity index is 486. The molecule has 0 aliphatic carbocycles. The Morgan fingerprint density at radius 1 is 1.39 bits per heavy atom. The van der Waals surface area contributed by atoms with Crippen LogP contribution in [0.25, 0.3) is 0 Å². The molecular formula is C11H10ClF3N2O. The molecule has 0 unspecified atom stereocenters. The number of urea groups is 1. The van der Waals surface area contributed by atoms with Crippen LogP contribution in [0.4, 0.5) is 23.7 Å². The second kappa shape index (κ2) is 5.30. The molecule has 0 radical (unpaired) electrons. The predicted molar refractivity (Wildman–Crippen MR) is 63.4 cm³/mol. The van der Waals surface area contributed by atoms with Crippen molar-refractivity contribution in [2.75, 3.05) is 5.32 Å². The van der Waals surface area contributed by atoms with Gasteiger partial charge >= 0.3 is 12.2 Å². The van der Waals surface area contributed by atoms with Gasteiger partial charge in [-0.3, -0.25) is 0 Å². The highest BCUT2D eigenvalue weighted by molar-refractivity contribution is 6.30. The Morgan fingerprint density at radius 3 is 2.50 bits per heavy atom. The normalized spacial score (nSPS) is 10.9. The first-order valence-corrected chi connectivity index (χ1v) is 5.18. The number of nitrogens with one attached hydrogen (secondary N) is 2. The van der Waals surface area contributed by atoms with Gasteiger partial charge in [0.2, 0.25) is 0 Å². The van der Waals surface area contributed by atoms with Gasteiger partial charge in [-0.25, -0.2) is 4.79 Å². The summed E-state index contributed by atoms with van der Waals surface area (Å²) in [6, 6.07) is 2.30. The van der Waals surface area contributed by atoms with Crippen LogP contribution in [-0.2, 0) is 6.18 Å². The van der Waals surface area contributed by atoms with E-state index < -0.39 is 17.8 Å². The third kappa shape index (κ3) is 3.96. The van der Waals surface area contributed by atoms with Crippen molar-refractivity contribution < 1.29 is 18.0 Å². The molecule has 0 bridgehead atoms. The summed E-state index contributed by atoms with van der Waals surface area (Å²) in [5.74, 6) is 0. The fourth-order valence-electron chi connectivity index (χ4n) is 1.21. The van der Waals surface area contributed by atoms with Crippen molar-refractivity contribution in [1.29, 1.82) is 0 Å². The highest BCUT2D eigenvalue weighted by Crippen LogP contribution is 2.36. The number of alkyl halides is 3. The SMILES string of the molecule is C=C(C)NC(=O)Nc1ccc(Cl)cc1C(F)(F)F. The number of halogens is 4. The number of anilines is 1. The zero-order valence-electron chi connectivity index (χ0n) is 9.36. The van der Waals surface area contributed by atoms with Crippen molar-refractivity contribution in [3.8, 4) is 0 Å². The van der Waals surface area contributed by atoms with Gasteiger partial charge in [0.05, 0.1) is 11.3 Å². The van der Waals surface area contributed by atoms with E-state index in [1.54, 1.807) is 0 Å². The molecule has 98 valence electrons. The summed E-state index contributed by atoms with van der Waals surface area (Å²) in [7, 11) is 0. The topological polar surface area (TPSA) is 41.1 Å². The number of carbonyl (C=O) groups is 1. The average molecular weight is 279 g/mol. The van der Waals surface area contributed by atoms with Gasteiger partial charge in [-0.1, -0.05) is 18.2 Å². The summed E-state index contributed by atoms with van der Waals surface area (Å²) in [6.07, 6.45) is -4.60. The molecule has 0 aromatic heterocycles. The lowest BCUT2D eigenvalue weighted by molar-refractivity contribution is -0.136. The summed E-state index contributed by atoms with van der Waals surface area (Å²) < 4.78 is 38.1. The standard InChI is InChI=1S/C11H10ClF3N2O/c1-6(2)16-10(18)17-9-4-3-7(12)5-8(9)11(13,14)15/h3-5H,1H2,2H3,(H2,16,17,18). The van der Waals surface area contributed by atoms with E-state index in [0.29, 0.717) is 5.70 Å². The van der Waals surface area contributed by atoms with Gasteiger partial charge < -0.3 is 10.6 Å². The summed E-state index contributed by atoms with van der Waals surface area (Å²) in [6.45, 7) is 4.91. The molecule has 0 fully saturated rings. The molecule has 1 aromatic carbocycles. The number of hydrogen-bond acceptors (Lipinski definition) is 1. The molecule has 18 heavy (non-hydrogen) atoms. The van der Waals surface area contributed by atoms with Gasteiger partial charge in [-0.05, 0) is 25.1 Å². The van der Waals surface area contributed by atoms with Crippen LogP contribution in [0.1, 0.15) is 12.5 Å². The van der Waals surface area contributed by atoms with Gasteiger partial charge in [0.1, 0.15) is 0 Å². The van der Waals surface area contributed by atoms with Crippen LogP contribution in [0.2, 0.25) is 5.02 Å². The highest BCUT2D eigenvalue weighted by Gasteiger charge is 2.34. The van der Waals surface area contributed by atoms with Crippen molar-refractivity contribution >= 4 is 23.3 Å². The fraction of sp³-hybridized carbons (Fsp3) is 0.182. The van der Waals surface area contributed by atoms with Crippen LogP contribution in [-0.4, -0.2) is 6.03 Å². The number of amides is 2.